The molecule has 2 aliphatic heterocycles. The van der Waals surface area contributed by atoms with Crippen molar-refractivity contribution in [2.75, 3.05) is 39.9 Å². The zero-order chi connectivity index (χ0) is 19.9. The summed E-state index contributed by atoms with van der Waals surface area (Å²) in [6.07, 6.45) is 3.08. The number of aryl methyl sites for hydroxylation is 1. The lowest BCUT2D eigenvalue weighted by atomic mass is 10.0. The van der Waals surface area contributed by atoms with Crippen LogP contribution in [0, 0.1) is 5.92 Å². The van der Waals surface area contributed by atoms with Gasteiger partial charge in [-0.2, -0.15) is 4.31 Å². The van der Waals surface area contributed by atoms with Crippen molar-refractivity contribution in [1.29, 1.82) is 0 Å². The number of methoxy groups -OCH3 is 1. The third-order valence-electron chi connectivity index (χ3n) is 6.12. The zero-order valence-electron chi connectivity index (χ0n) is 16.4. The fourth-order valence-corrected chi connectivity index (χ4v) is 6.82. The predicted molar refractivity (Wildman–Crippen MR) is 108 cm³/mol. The number of ether oxygens (including phenoxy) is 1. The van der Waals surface area contributed by atoms with Gasteiger partial charge in [-0.25, -0.2) is 8.42 Å². The van der Waals surface area contributed by atoms with Crippen molar-refractivity contribution in [3.63, 3.8) is 0 Å². The molecule has 8 heteroatoms. The Labute approximate surface area is 165 Å². The Morgan fingerprint density at radius 3 is 2.75 bits per heavy atom. The maximum absolute atomic E-state index is 13.2. The standard InChI is InChI=1S/C20H27N3O4S/c1-21-14-17(16-5-3-4-6-18(16)21)20(24)22-9-7-15-13-23(11-12-27-2)28(25,26)19(15)8-10-22/h3-6,14-15,19H,7-13H2,1-2H3/t15-,19+/m0/s1. The van der Waals surface area contributed by atoms with Gasteiger partial charge in [-0.05, 0) is 24.8 Å². The Hall–Kier alpha value is -1.90. The molecule has 1 amide bonds. The molecule has 4 rings (SSSR count). The van der Waals surface area contributed by atoms with E-state index in [1.165, 1.54) is 0 Å². The van der Waals surface area contributed by atoms with E-state index in [1.54, 1.807) is 11.4 Å². The first-order chi connectivity index (χ1) is 13.4. The van der Waals surface area contributed by atoms with Crippen LogP contribution in [-0.2, 0) is 21.8 Å². The van der Waals surface area contributed by atoms with Gasteiger partial charge < -0.3 is 14.2 Å². The van der Waals surface area contributed by atoms with Crippen LogP contribution in [0.4, 0.5) is 0 Å². The van der Waals surface area contributed by atoms with Crippen LogP contribution in [-0.4, -0.2) is 73.2 Å². The topological polar surface area (TPSA) is 71.8 Å². The van der Waals surface area contributed by atoms with E-state index in [-0.39, 0.29) is 11.8 Å². The second-order valence-electron chi connectivity index (χ2n) is 7.73. The number of benzene rings is 1. The largest absolute Gasteiger partial charge is 0.383 e. The number of likely N-dealkylation sites (tertiary alicyclic amines) is 1. The number of para-hydroxylation sites is 1. The van der Waals surface area contributed by atoms with E-state index in [2.05, 4.69) is 0 Å². The van der Waals surface area contributed by atoms with Crippen molar-refractivity contribution in [3.8, 4) is 0 Å². The summed E-state index contributed by atoms with van der Waals surface area (Å²) in [6.45, 7) is 2.42. The van der Waals surface area contributed by atoms with Gasteiger partial charge in [-0.1, -0.05) is 18.2 Å². The molecule has 0 aliphatic carbocycles. The zero-order valence-corrected chi connectivity index (χ0v) is 17.2. The minimum absolute atomic E-state index is 0.00888. The van der Waals surface area contributed by atoms with E-state index >= 15 is 0 Å². The van der Waals surface area contributed by atoms with Crippen LogP contribution in [0.2, 0.25) is 0 Å². The van der Waals surface area contributed by atoms with E-state index in [0.29, 0.717) is 51.2 Å². The number of hydrogen-bond acceptors (Lipinski definition) is 4. The maximum Gasteiger partial charge on any atom is 0.256 e. The molecule has 2 aromatic rings. The van der Waals surface area contributed by atoms with Gasteiger partial charge in [-0.3, -0.25) is 4.79 Å². The van der Waals surface area contributed by atoms with Gasteiger partial charge in [0.1, 0.15) is 0 Å². The molecule has 2 saturated heterocycles. The number of aromatic nitrogens is 1. The predicted octanol–water partition coefficient (Wildman–Crippen LogP) is 1.69. The van der Waals surface area contributed by atoms with Gasteiger partial charge in [-0.15, -0.1) is 0 Å². The molecule has 0 unspecified atom stereocenters. The molecule has 7 nitrogen and oxygen atoms in total. The number of nitrogens with zero attached hydrogens (tertiary/aromatic N) is 3. The summed E-state index contributed by atoms with van der Waals surface area (Å²) in [5.41, 5.74) is 1.71. The Morgan fingerprint density at radius 1 is 1.21 bits per heavy atom. The monoisotopic (exact) mass is 405 g/mol. The fraction of sp³-hybridized carbons (Fsp3) is 0.550. The average molecular weight is 406 g/mol. The van der Waals surface area contributed by atoms with Gasteiger partial charge in [0.2, 0.25) is 10.0 Å². The molecular weight excluding hydrogens is 378 g/mol. The van der Waals surface area contributed by atoms with Crippen LogP contribution in [0.3, 0.4) is 0 Å². The van der Waals surface area contributed by atoms with Crippen molar-refractivity contribution in [1.82, 2.24) is 13.8 Å². The summed E-state index contributed by atoms with van der Waals surface area (Å²) in [6, 6.07) is 7.87. The highest BCUT2D eigenvalue weighted by Crippen LogP contribution is 2.34. The Balaban J connectivity index is 1.52. The summed E-state index contributed by atoms with van der Waals surface area (Å²) in [5, 5.41) is 0.549. The van der Waals surface area contributed by atoms with E-state index in [1.807, 2.05) is 47.0 Å². The molecule has 2 atom stereocenters. The number of sulfonamides is 1. The molecule has 0 spiro atoms. The molecule has 2 fully saturated rings. The lowest BCUT2D eigenvalue weighted by Gasteiger charge is -2.22. The first-order valence-corrected chi connectivity index (χ1v) is 11.2. The third kappa shape index (κ3) is 3.23. The Bertz CT molecular complexity index is 984. The quantitative estimate of drug-likeness (QED) is 0.776. The van der Waals surface area contributed by atoms with E-state index < -0.39 is 15.3 Å². The molecule has 0 radical (unpaired) electrons. The van der Waals surface area contributed by atoms with Gasteiger partial charge >= 0.3 is 0 Å². The summed E-state index contributed by atoms with van der Waals surface area (Å²) < 4.78 is 34.3. The first kappa shape index (κ1) is 19.4. The van der Waals surface area contributed by atoms with Crippen LogP contribution in [0.1, 0.15) is 23.2 Å². The van der Waals surface area contributed by atoms with E-state index in [9.17, 15) is 13.2 Å². The number of rotatable bonds is 4. The summed E-state index contributed by atoms with van der Waals surface area (Å²) in [4.78, 5) is 15.0. The van der Waals surface area contributed by atoms with Crippen molar-refractivity contribution in [2.24, 2.45) is 13.0 Å². The van der Waals surface area contributed by atoms with Gasteiger partial charge in [0.05, 0.1) is 17.4 Å². The smallest absolute Gasteiger partial charge is 0.256 e. The summed E-state index contributed by atoms with van der Waals surface area (Å²) in [5.74, 6) is 0.0672. The van der Waals surface area contributed by atoms with Gasteiger partial charge in [0, 0.05) is 57.4 Å². The molecule has 0 saturated carbocycles. The minimum Gasteiger partial charge on any atom is -0.383 e. The highest BCUT2D eigenvalue weighted by atomic mass is 32.2. The highest BCUT2D eigenvalue weighted by Gasteiger charge is 2.47. The lowest BCUT2D eigenvalue weighted by molar-refractivity contribution is 0.0760. The number of fused-ring (bicyclic) bond motifs is 2. The lowest BCUT2D eigenvalue weighted by Crippen LogP contribution is -2.35. The highest BCUT2D eigenvalue weighted by molar-refractivity contribution is 7.90. The van der Waals surface area contributed by atoms with Crippen molar-refractivity contribution < 1.29 is 17.9 Å². The van der Waals surface area contributed by atoms with Gasteiger partial charge in [0.25, 0.3) is 5.91 Å². The van der Waals surface area contributed by atoms with Crippen LogP contribution >= 0.6 is 0 Å². The molecule has 0 N–H and O–H groups in total. The number of carbonyl (C=O) groups excluding carboxylic acids is 1. The van der Waals surface area contributed by atoms with Crippen molar-refractivity contribution in [2.45, 2.75) is 18.1 Å². The number of amides is 1. The normalized spacial score (nSPS) is 25.0. The molecule has 1 aromatic carbocycles. The summed E-state index contributed by atoms with van der Waals surface area (Å²) in [7, 11) is 0.202. The third-order valence-corrected chi connectivity index (χ3v) is 8.56. The van der Waals surface area contributed by atoms with Crippen LogP contribution < -0.4 is 0 Å². The molecule has 2 aliphatic rings. The Kier molecular flexibility index (Phi) is 5.20. The van der Waals surface area contributed by atoms with E-state index in [4.69, 9.17) is 4.74 Å². The van der Waals surface area contributed by atoms with Crippen LogP contribution in [0.15, 0.2) is 30.5 Å². The SMILES string of the molecule is COCCN1C[C@@H]2CCN(C(=O)c3cn(C)c4ccccc34)CC[C@H]2S1(=O)=O. The van der Waals surface area contributed by atoms with Crippen molar-refractivity contribution in [3.05, 3.63) is 36.0 Å². The van der Waals surface area contributed by atoms with Gasteiger partial charge in [0.15, 0.2) is 0 Å². The number of hydrogen-bond donors (Lipinski definition) is 0. The second kappa shape index (κ2) is 7.50. The average Bonchev–Trinajstić information content (AvgIpc) is 3.02. The molecule has 3 heterocycles. The van der Waals surface area contributed by atoms with Crippen molar-refractivity contribution >= 4 is 26.8 Å². The van der Waals surface area contributed by atoms with Crippen LogP contribution in [0.5, 0.6) is 0 Å². The Morgan fingerprint density at radius 2 is 1.96 bits per heavy atom. The van der Waals surface area contributed by atoms with E-state index in [0.717, 1.165) is 10.9 Å². The maximum atomic E-state index is 13.2. The first-order valence-electron chi connectivity index (χ1n) is 9.74. The fourth-order valence-electron chi connectivity index (χ4n) is 4.59. The second-order valence-corrected chi connectivity index (χ2v) is 9.89. The molecule has 1 aromatic heterocycles. The minimum atomic E-state index is -3.32. The molecule has 152 valence electrons. The number of carbonyl (C=O) groups is 1. The molecule has 0 bridgehead atoms. The molecular formula is C20H27N3O4S. The molecule has 28 heavy (non-hydrogen) atoms. The van der Waals surface area contributed by atoms with Crippen LogP contribution in [0.25, 0.3) is 10.9 Å². The summed E-state index contributed by atoms with van der Waals surface area (Å²) >= 11 is 0.